The topological polar surface area (TPSA) is 105 Å². The number of piperidine rings is 1. The van der Waals surface area contributed by atoms with E-state index in [2.05, 4.69) is 10.6 Å². The number of hydrogen-bond acceptors (Lipinski definition) is 5. The fraction of sp³-hybridized carbons (Fsp3) is 0.440. The zero-order valence-corrected chi connectivity index (χ0v) is 20.2. The lowest BCUT2D eigenvalue weighted by atomic mass is 9.97. The van der Waals surface area contributed by atoms with Gasteiger partial charge in [0, 0.05) is 37.7 Å². The SMILES string of the molecule is O=C(NC[C@@H]1CCCO1)c1ccccc1NC(=O)C1CCN(S(=O)(=O)Cc2ccccc2F)CC1. The van der Waals surface area contributed by atoms with Crippen LogP contribution in [0.4, 0.5) is 10.1 Å². The van der Waals surface area contributed by atoms with Crippen LogP contribution in [0.5, 0.6) is 0 Å². The van der Waals surface area contributed by atoms with Gasteiger partial charge < -0.3 is 15.4 Å². The van der Waals surface area contributed by atoms with E-state index in [-0.39, 0.29) is 36.6 Å². The zero-order valence-electron chi connectivity index (χ0n) is 19.4. The van der Waals surface area contributed by atoms with Gasteiger partial charge in [0.1, 0.15) is 5.82 Å². The number of nitrogens with one attached hydrogen (secondary N) is 2. The van der Waals surface area contributed by atoms with Crippen LogP contribution in [0.3, 0.4) is 0 Å². The maximum atomic E-state index is 13.9. The first-order valence-electron chi connectivity index (χ1n) is 11.8. The van der Waals surface area contributed by atoms with Gasteiger partial charge in [0.15, 0.2) is 0 Å². The first kappa shape index (κ1) is 25.3. The van der Waals surface area contributed by atoms with Crippen molar-refractivity contribution in [2.75, 3.05) is 31.6 Å². The molecule has 0 unspecified atom stereocenters. The molecule has 188 valence electrons. The van der Waals surface area contributed by atoms with E-state index in [1.54, 1.807) is 30.3 Å². The van der Waals surface area contributed by atoms with Crippen molar-refractivity contribution in [2.45, 2.75) is 37.5 Å². The Morgan fingerprint density at radius 1 is 1.03 bits per heavy atom. The summed E-state index contributed by atoms with van der Waals surface area (Å²) in [6.07, 6.45) is 2.59. The number of sulfonamides is 1. The monoisotopic (exact) mass is 503 g/mol. The Hall–Kier alpha value is -2.82. The number of carbonyl (C=O) groups is 2. The van der Waals surface area contributed by atoms with Crippen LogP contribution in [0, 0.1) is 11.7 Å². The van der Waals surface area contributed by atoms with Gasteiger partial charge >= 0.3 is 0 Å². The second-order valence-corrected chi connectivity index (χ2v) is 10.9. The maximum Gasteiger partial charge on any atom is 0.253 e. The molecule has 0 radical (unpaired) electrons. The average Bonchev–Trinajstić information content (AvgIpc) is 3.38. The Kier molecular flexibility index (Phi) is 8.15. The molecule has 2 aliphatic heterocycles. The molecule has 35 heavy (non-hydrogen) atoms. The third-order valence-corrected chi connectivity index (χ3v) is 8.29. The van der Waals surface area contributed by atoms with E-state index in [4.69, 9.17) is 4.74 Å². The van der Waals surface area contributed by atoms with Crippen molar-refractivity contribution in [3.8, 4) is 0 Å². The number of ether oxygens (including phenoxy) is 1. The van der Waals surface area contributed by atoms with Gasteiger partial charge in [-0.25, -0.2) is 17.1 Å². The molecule has 1 atom stereocenters. The molecule has 10 heteroatoms. The fourth-order valence-corrected chi connectivity index (χ4v) is 6.01. The predicted octanol–water partition coefficient (Wildman–Crippen LogP) is 2.92. The third-order valence-electron chi connectivity index (χ3n) is 6.46. The van der Waals surface area contributed by atoms with Crippen molar-refractivity contribution in [1.82, 2.24) is 9.62 Å². The first-order valence-corrected chi connectivity index (χ1v) is 13.5. The Balaban J connectivity index is 1.32. The number of nitrogens with zero attached hydrogens (tertiary/aromatic N) is 1. The molecule has 8 nitrogen and oxygen atoms in total. The van der Waals surface area contributed by atoms with E-state index in [1.165, 1.54) is 22.5 Å². The van der Waals surface area contributed by atoms with Crippen LogP contribution in [-0.4, -0.2) is 56.9 Å². The largest absolute Gasteiger partial charge is 0.376 e. The van der Waals surface area contributed by atoms with Crippen LogP contribution in [0.2, 0.25) is 0 Å². The minimum absolute atomic E-state index is 0.0144. The molecule has 2 fully saturated rings. The van der Waals surface area contributed by atoms with E-state index in [0.29, 0.717) is 37.2 Å². The zero-order chi connectivity index (χ0) is 24.8. The highest BCUT2D eigenvalue weighted by Crippen LogP contribution is 2.25. The first-order chi connectivity index (χ1) is 16.8. The summed E-state index contributed by atoms with van der Waals surface area (Å²) in [5.41, 5.74) is 0.905. The minimum Gasteiger partial charge on any atom is -0.376 e. The van der Waals surface area contributed by atoms with Crippen molar-refractivity contribution in [2.24, 2.45) is 5.92 Å². The molecule has 2 aliphatic rings. The molecule has 2 aromatic rings. The number of benzene rings is 2. The number of rotatable bonds is 8. The van der Waals surface area contributed by atoms with Crippen LogP contribution in [0.25, 0.3) is 0 Å². The number of halogens is 1. The lowest BCUT2D eigenvalue weighted by Gasteiger charge is -2.30. The highest BCUT2D eigenvalue weighted by atomic mass is 32.2. The summed E-state index contributed by atoms with van der Waals surface area (Å²) in [4.78, 5) is 25.6. The lowest BCUT2D eigenvalue weighted by molar-refractivity contribution is -0.120. The van der Waals surface area contributed by atoms with Gasteiger partial charge in [-0.1, -0.05) is 30.3 Å². The summed E-state index contributed by atoms with van der Waals surface area (Å²) >= 11 is 0. The van der Waals surface area contributed by atoms with Crippen LogP contribution in [-0.2, 0) is 25.3 Å². The van der Waals surface area contributed by atoms with Crippen molar-refractivity contribution in [1.29, 1.82) is 0 Å². The van der Waals surface area contributed by atoms with Gasteiger partial charge in [-0.2, -0.15) is 0 Å². The molecular formula is C25H30FN3O5S. The normalized spacial score (nSPS) is 19.4. The standard InChI is InChI=1S/C25H30FN3O5S/c26-22-9-3-1-6-19(22)17-35(32,33)29-13-11-18(12-14-29)24(30)28-23-10-4-2-8-21(23)25(31)27-16-20-7-5-15-34-20/h1-4,6,8-10,18,20H,5,7,11-17H2,(H,27,31)(H,28,30)/t20-/m0/s1. The minimum atomic E-state index is -3.70. The summed E-state index contributed by atoms with van der Waals surface area (Å²) < 4.78 is 46.3. The molecule has 0 spiro atoms. The highest BCUT2D eigenvalue weighted by molar-refractivity contribution is 7.88. The molecule has 0 aromatic heterocycles. The van der Waals surface area contributed by atoms with Crippen molar-refractivity contribution >= 4 is 27.5 Å². The van der Waals surface area contributed by atoms with Gasteiger partial charge in [0.25, 0.3) is 5.91 Å². The van der Waals surface area contributed by atoms with Gasteiger partial charge in [0.05, 0.1) is 23.1 Å². The number of anilines is 1. The van der Waals surface area contributed by atoms with Crippen LogP contribution < -0.4 is 10.6 Å². The number of amides is 2. The lowest BCUT2D eigenvalue weighted by Crippen LogP contribution is -2.42. The fourth-order valence-electron chi connectivity index (χ4n) is 4.43. The molecule has 2 saturated heterocycles. The number of carbonyl (C=O) groups excluding carboxylic acids is 2. The Morgan fingerprint density at radius 2 is 1.74 bits per heavy atom. The molecule has 0 bridgehead atoms. The summed E-state index contributed by atoms with van der Waals surface area (Å²) in [5.74, 6) is -1.90. The molecule has 2 N–H and O–H groups in total. The van der Waals surface area contributed by atoms with Crippen molar-refractivity contribution in [3.63, 3.8) is 0 Å². The number of hydrogen-bond donors (Lipinski definition) is 2. The smallest absolute Gasteiger partial charge is 0.253 e. The Labute approximate surface area is 204 Å². The van der Waals surface area contributed by atoms with Gasteiger partial charge in [-0.3, -0.25) is 9.59 Å². The van der Waals surface area contributed by atoms with E-state index in [1.807, 2.05) is 0 Å². The summed E-state index contributed by atoms with van der Waals surface area (Å²) in [7, 11) is -3.70. The van der Waals surface area contributed by atoms with Crippen LogP contribution in [0.1, 0.15) is 41.6 Å². The molecule has 4 rings (SSSR count). The van der Waals surface area contributed by atoms with E-state index >= 15 is 0 Å². The molecule has 0 saturated carbocycles. The van der Waals surface area contributed by atoms with Gasteiger partial charge in [-0.05, 0) is 43.9 Å². The second kappa shape index (κ2) is 11.3. The summed E-state index contributed by atoms with van der Waals surface area (Å²) in [5, 5.41) is 5.71. The Morgan fingerprint density at radius 3 is 2.46 bits per heavy atom. The van der Waals surface area contributed by atoms with E-state index in [0.717, 1.165) is 12.8 Å². The van der Waals surface area contributed by atoms with E-state index < -0.39 is 27.5 Å². The quantitative estimate of drug-likeness (QED) is 0.577. The van der Waals surface area contributed by atoms with Crippen LogP contribution >= 0.6 is 0 Å². The third kappa shape index (κ3) is 6.45. The van der Waals surface area contributed by atoms with Gasteiger partial charge in [-0.15, -0.1) is 0 Å². The van der Waals surface area contributed by atoms with Crippen molar-refractivity contribution < 1.29 is 27.1 Å². The maximum absolute atomic E-state index is 13.9. The molecule has 2 amide bonds. The highest BCUT2D eigenvalue weighted by Gasteiger charge is 2.32. The predicted molar refractivity (Wildman–Crippen MR) is 130 cm³/mol. The molecule has 2 aromatic carbocycles. The second-order valence-electron chi connectivity index (χ2n) is 8.90. The molecule has 2 heterocycles. The van der Waals surface area contributed by atoms with E-state index in [9.17, 15) is 22.4 Å². The van der Waals surface area contributed by atoms with Crippen LogP contribution in [0.15, 0.2) is 48.5 Å². The number of para-hydroxylation sites is 1. The summed E-state index contributed by atoms with van der Waals surface area (Å²) in [6.45, 7) is 1.48. The molecule has 0 aliphatic carbocycles. The van der Waals surface area contributed by atoms with Gasteiger partial charge in [0.2, 0.25) is 15.9 Å². The Bertz CT molecular complexity index is 1160. The average molecular weight is 504 g/mol. The molecular weight excluding hydrogens is 473 g/mol. The van der Waals surface area contributed by atoms with Crippen molar-refractivity contribution in [3.05, 3.63) is 65.5 Å². The summed E-state index contributed by atoms with van der Waals surface area (Å²) in [6, 6.07) is 12.6.